The largest absolute Gasteiger partial charge is 0.481 e. The second-order valence-electron chi connectivity index (χ2n) is 5.72. The third-order valence-electron chi connectivity index (χ3n) is 3.47. The number of thiocarbonyl (C=S) groups is 1. The van der Waals surface area contributed by atoms with Gasteiger partial charge in [0.15, 0.2) is 11.2 Å². The van der Waals surface area contributed by atoms with Gasteiger partial charge in [-0.25, -0.2) is 4.39 Å². The van der Waals surface area contributed by atoms with Crippen molar-refractivity contribution in [3.05, 3.63) is 58.4 Å². The van der Waals surface area contributed by atoms with E-state index in [4.69, 9.17) is 28.6 Å². The fourth-order valence-electron chi connectivity index (χ4n) is 2.21. The maximum Gasteiger partial charge on any atom is 0.279 e. The fourth-order valence-corrected chi connectivity index (χ4v) is 2.73. The number of halogens is 2. The molecule has 0 heterocycles. The first-order valence-electron chi connectivity index (χ1n) is 7.82. The van der Waals surface area contributed by atoms with Gasteiger partial charge in [-0.2, -0.15) is 0 Å². The molecule has 2 rings (SSSR count). The molecule has 0 bridgehead atoms. The summed E-state index contributed by atoms with van der Waals surface area (Å²) >= 11 is 11.4. The van der Waals surface area contributed by atoms with Crippen molar-refractivity contribution in [3.63, 3.8) is 0 Å². The van der Waals surface area contributed by atoms with E-state index in [9.17, 15) is 9.18 Å². The summed E-state index contributed by atoms with van der Waals surface area (Å²) in [5, 5.41) is 3.66. The number of hydrogen-bond donors (Lipinski definition) is 3. The van der Waals surface area contributed by atoms with E-state index in [-0.39, 0.29) is 10.9 Å². The topological polar surface area (TPSA) is 62.4 Å². The van der Waals surface area contributed by atoms with Crippen LogP contribution in [0.1, 0.15) is 18.1 Å². The molecule has 2 aromatic rings. The highest BCUT2D eigenvalue weighted by atomic mass is 35.5. The van der Waals surface area contributed by atoms with Gasteiger partial charge in [0.2, 0.25) is 0 Å². The van der Waals surface area contributed by atoms with Crippen LogP contribution in [0, 0.1) is 19.7 Å². The zero-order chi connectivity index (χ0) is 19.3. The van der Waals surface area contributed by atoms with Crippen LogP contribution in [0.4, 0.5) is 10.1 Å². The minimum Gasteiger partial charge on any atom is -0.481 e. The molecule has 0 aliphatic rings. The molecule has 0 radical (unpaired) electrons. The molecular formula is C18H19ClFN3O2S. The molecule has 0 spiro atoms. The predicted octanol–water partition coefficient (Wildman–Crippen LogP) is 3.88. The second kappa shape index (κ2) is 8.82. The second-order valence-corrected chi connectivity index (χ2v) is 6.54. The Kier molecular flexibility index (Phi) is 6.76. The average molecular weight is 396 g/mol. The van der Waals surface area contributed by atoms with Gasteiger partial charge in [-0.05, 0) is 74.4 Å². The summed E-state index contributed by atoms with van der Waals surface area (Å²) < 4.78 is 18.3. The Balaban J connectivity index is 1.86. The van der Waals surface area contributed by atoms with Crippen molar-refractivity contribution in [2.24, 2.45) is 0 Å². The van der Waals surface area contributed by atoms with Gasteiger partial charge in [-0.3, -0.25) is 15.6 Å². The molecule has 0 saturated carbocycles. The molecule has 3 N–H and O–H groups in total. The van der Waals surface area contributed by atoms with Crippen LogP contribution < -0.4 is 20.9 Å². The zero-order valence-electron chi connectivity index (χ0n) is 14.5. The van der Waals surface area contributed by atoms with Crippen molar-refractivity contribution in [1.82, 2.24) is 10.9 Å². The maximum atomic E-state index is 12.9. The number of rotatable bonds is 4. The van der Waals surface area contributed by atoms with Gasteiger partial charge in [-0.15, -0.1) is 0 Å². The van der Waals surface area contributed by atoms with E-state index in [1.54, 1.807) is 6.92 Å². The number of hydrazine groups is 1. The SMILES string of the molecule is Cc1cc(C)c(NC(=S)NNC(=O)[C@H](C)Oc2ccc(F)cc2)c(Cl)c1. The Morgan fingerprint density at radius 3 is 2.46 bits per heavy atom. The van der Waals surface area contributed by atoms with Gasteiger partial charge in [0, 0.05) is 0 Å². The Morgan fingerprint density at radius 2 is 1.85 bits per heavy atom. The Bertz CT molecular complexity index is 792. The standard InChI is InChI=1S/C18H19ClFN3O2S/c1-10-8-11(2)16(15(19)9-10)21-18(26)23-22-17(24)12(3)25-14-6-4-13(20)5-7-14/h4-9,12H,1-3H3,(H,22,24)(H2,21,23,26)/t12-/m0/s1. The van der Waals surface area contributed by atoms with Gasteiger partial charge < -0.3 is 10.1 Å². The molecule has 138 valence electrons. The van der Waals surface area contributed by atoms with E-state index < -0.39 is 12.0 Å². The Labute approximate surface area is 161 Å². The van der Waals surface area contributed by atoms with Gasteiger partial charge in [0.25, 0.3) is 5.91 Å². The van der Waals surface area contributed by atoms with Crippen LogP contribution in [-0.2, 0) is 4.79 Å². The Hall–Kier alpha value is -2.38. The number of carbonyl (C=O) groups is 1. The quantitative estimate of drug-likeness (QED) is 0.541. The lowest BCUT2D eigenvalue weighted by Crippen LogP contribution is -2.48. The van der Waals surface area contributed by atoms with E-state index in [1.807, 2.05) is 26.0 Å². The maximum absolute atomic E-state index is 12.9. The first-order chi connectivity index (χ1) is 12.3. The van der Waals surface area contributed by atoms with E-state index in [1.165, 1.54) is 24.3 Å². The molecule has 0 aliphatic carbocycles. The summed E-state index contributed by atoms with van der Waals surface area (Å²) in [6, 6.07) is 9.18. The highest BCUT2D eigenvalue weighted by molar-refractivity contribution is 7.80. The molecule has 8 heteroatoms. The van der Waals surface area contributed by atoms with Crippen LogP contribution in [0.2, 0.25) is 5.02 Å². The summed E-state index contributed by atoms with van der Waals surface area (Å²) in [6.45, 7) is 5.42. The van der Waals surface area contributed by atoms with Crippen LogP contribution in [0.25, 0.3) is 0 Å². The predicted molar refractivity (Wildman–Crippen MR) is 105 cm³/mol. The molecule has 0 unspecified atom stereocenters. The van der Waals surface area contributed by atoms with Crippen LogP contribution in [0.5, 0.6) is 5.75 Å². The molecule has 0 aromatic heterocycles. The number of benzene rings is 2. The van der Waals surface area contributed by atoms with Gasteiger partial charge in [0.1, 0.15) is 11.6 Å². The van der Waals surface area contributed by atoms with Crippen LogP contribution in [0.3, 0.4) is 0 Å². The number of hydrogen-bond acceptors (Lipinski definition) is 3. The normalized spacial score (nSPS) is 11.4. The summed E-state index contributed by atoms with van der Waals surface area (Å²) in [7, 11) is 0. The van der Waals surface area contributed by atoms with Crippen molar-refractivity contribution in [2.45, 2.75) is 26.9 Å². The zero-order valence-corrected chi connectivity index (χ0v) is 16.1. The lowest BCUT2D eigenvalue weighted by atomic mass is 10.1. The first kappa shape index (κ1) is 19.9. The minimum absolute atomic E-state index is 0.182. The van der Waals surface area contributed by atoms with Crippen molar-refractivity contribution in [1.29, 1.82) is 0 Å². The first-order valence-corrected chi connectivity index (χ1v) is 8.60. The molecule has 0 saturated heterocycles. The van der Waals surface area contributed by atoms with E-state index >= 15 is 0 Å². The minimum atomic E-state index is -0.805. The number of anilines is 1. The van der Waals surface area contributed by atoms with Crippen LogP contribution in [-0.4, -0.2) is 17.1 Å². The number of carbonyl (C=O) groups excluding carboxylic acids is 1. The van der Waals surface area contributed by atoms with Gasteiger partial charge in [0.05, 0.1) is 10.7 Å². The number of amides is 1. The summed E-state index contributed by atoms with van der Waals surface area (Å²) in [6.07, 6.45) is -0.805. The molecule has 2 aromatic carbocycles. The molecule has 5 nitrogen and oxygen atoms in total. The van der Waals surface area contributed by atoms with Gasteiger partial charge in [-0.1, -0.05) is 17.7 Å². The highest BCUT2D eigenvalue weighted by Crippen LogP contribution is 2.27. The van der Waals surface area contributed by atoms with E-state index in [0.29, 0.717) is 16.5 Å². The lowest BCUT2D eigenvalue weighted by molar-refractivity contribution is -0.127. The summed E-state index contributed by atoms with van der Waals surface area (Å²) in [5.41, 5.74) is 7.68. The van der Waals surface area contributed by atoms with E-state index in [2.05, 4.69) is 16.2 Å². The fraction of sp³-hybridized carbons (Fsp3) is 0.222. The average Bonchev–Trinajstić information content (AvgIpc) is 2.57. The monoisotopic (exact) mass is 395 g/mol. The summed E-state index contributed by atoms with van der Waals surface area (Å²) in [4.78, 5) is 12.1. The van der Waals surface area contributed by atoms with Crippen molar-refractivity contribution in [3.8, 4) is 5.75 Å². The van der Waals surface area contributed by atoms with Gasteiger partial charge >= 0.3 is 0 Å². The molecule has 1 atom stereocenters. The number of nitrogens with one attached hydrogen (secondary N) is 3. The van der Waals surface area contributed by atoms with Crippen molar-refractivity contribution >= 4 is 40.5 Å². The Morgan fingerprint density at radius 1 is 1.19 bits per heavy atom. The number of aryl methyl sites for hydroxylation is 2. The third kappa shape index (κ3) is 5.57. The van der Waals surface area contributed by atoms with E-state index in [0.717, 1.165) is 11.1 Å². The lowest BCUT2D eigenvalue weighted by Gasteiger charge is -2.17. The van der Waals surface area contributed by atoms with Crippen LogP contribution >= 0.6 is 23.8 Å². The molecule has 1 amide bonds. The molecule has 26 heavy (non-hydrogen) atoms. The molecular weight excluding hydrogens is 377 g/mol. The van der Waals surface area contributed by atoms with Crippen molar-refractivity contribution < 1.29 is 13.9 Å². The number of ether oxygens (including phenoxy) is 1. The van der Waals surface area contributed by atoms with Crippen LogP contribution in [0.15, 0.2) is 36.4 Å². The third-order valence-corrected chi connectivity index (χ3v) is 3.97. The molecule has 0 aliphatic heterocycles. The molecule has 0 fully saturated rings. The highest BCUT2D eigenvalue weighted by Gasteiger charge is 2.15. The smallest absolute Gasteiger partial charge is 0.279 e. The summed E-state index contributed by atoms with van der Waals surface area (Å²) in [5.74, 6) is -0.431. The van der Waals surface area contributed by atoms with Crippen molar-refractivity contribution in [2.75, 3.05) is 5.32 Å².